The summed E-state index contributed by atoms with van der Waals surface area (Å²) in [6.07, 6.45) is 1.66. The molecule has 98 valence electrons. The van der Waals surface area contributed by atoms with Crippen LogP contribution in [0, 0.1) is 11.6 Å². The van der Waals surface area contributed by atoms with Crippen LogP contribution in [0.15, 0.2) is 18.2 Å². The number of hydrogen-bond acceptors (Lipinski definition) is 2. The lowest BCUT2D eigenvalue weighted by atomic mass is 10.1. The summed E-state index contributed by atoms with van der Waals surface area (Å²) >= 11 is 0. The van der Waals surface area contributed by atoms with E-state index >= 15 is 0 Å². The maximum atomic E-state index is 13.4. The van der Waals surface area contributed by atoms with Crippen LogP contribution in [0.4, 0.5) is 8.78 Å². The molecular weight excluding hydrogens is 238 g/mol. The fraction of sp³-hybridized carbons (Fsp3) is 0.462. The second-order valence-electron chi connectivity index (χ2n) is 4.48. The average molecular weight is 254 g/mol. The third kappa shape index (κ3) is 2.85. The quantitative estimate of drug-likeness (QED) is 0.864. The fourth-order valence-corrected chi connectivity index (χ4v) is 1.99. The fourth-order valence-electron chi connectivity index (χ4n) is 1.99. The molecule has 0 aliphatic heterocycles. The van der Waals surface area contributed by atoms with E-state index in [1.54, 1.807) is 4.90 Å². The van der Waals surface area contributed by atoms with Crippen LogP contribution in [-0.4, -0.2) is 29.9 Å². The van der Waals surface area contributed by atoms with Gasteiger partial charge in [0.15, 0.2) is 0 Å². The lowest BCUT2D eigenvalue weighted by Crippen LogP contribution is -2.38. The van der Waals surface area contributed by atoms with Crippen molar-refractivity contribution in [3.05, 3.63) is 35.4 Å². The third-order valence-electron chi connectivity index (χ3n) is 3.07. The van der Waals surface area contributed by atoms with E-state index in [0.29, 0.717) is 13.1 Å². The molecule has 1 fully saturated rings. The van der Waals surface area contributed by atoms with Gasteiger partial charge in [0, 0.05) is 24.7 Å². The number of nitrogens with zero attached hydrogens (tertiary/aromatic N) is 1. The van der Waals surface area contributed by atoms with Gasteiger partial charge in [-0.15, -0.1) is 0 Å². The van der Waals surface area contributed by atoms with E-state index in [2.05, 4.69) is 0 Å². The largest absolute Gasteiger partial charge is 0.338 e. The Morgan fingerprint density at radius 3 is 2.44 bits per heavy atom. The zero-order valence-corrected chi connectivity index (χ0v) is 10.0. The van der Waals surface area contributed by atoms with Crippen molar-refractivity contribution >= 4 is 5.91 Å². The summed E-state index contributed by atoms with van der Waals surface area (Å²) < 4.78 is 26.9. The van der Waals surface area contributed by atoms with Crippen molar-refractivity contribution in [2.24, 2.45) is 5.73 Å². The lowest BCUT2D eigenvalue weighted by Gasteiger charge is -2.21. The Hall–Kier alpha value is -1.49. The molecule has 0 aromatic heterocycles. The molecule has 0 spiro atoms. The van der Waals surface area contributed by atoms with Crippen molar-refractivity contribution in [3.63, 3.8) is 0 Å². The van der Waals surface area contributed by atoms with Crippen LogP contribution in [0.1, 0.15) is 18.4 Å². The molecule has 0 saturated heterocycles. The zero-order chi connectivity index (χ0) is 13.1. The summed E-state index contributed by atoms with van der Waals surface area (Å²) in [6.45, 7) is 0.807. The highest BCUT2D eigenvalue weighted by molar-refractivity contribution is 5.79. The van der Waals surface area contributed by atoms with Gasteiger partial charge in [0.2, 0.25) is 5.91 Å². The maximum Gasteiger partial charge on any atom is 0.227 e. The van der Waals surface area contributed by atoms with Gasteiger partial charge in [0.25, 0.3) is 0 Å². The molecule has 1 aromatic rings. The highest BCUT2D eigenvalue weighted by atomic mass is 19.1. The molecule has 1 aliphatic rings. The van der Waals surface area contributed by atoms with Crippen molar-refractivity contribution in [3.8, 4) is 0 Å². The Kier molecular flexibility index (Phi) is 3.91. The summed E-state index contributed by atoms with van der Waals surface area (Å²) in [7, 11) is 0. The second-order valence-corrected chi connectivity index (χ2v) is 4.48. The van der Waals surface area contributed by atoms with Crippen molar-refractivity contribution in [1.82, 2.24) is 4.90 Å². The van der Waals surface area contributed by atoms with E-state index in [1.165, 1.54) is 6.07 Å². The van der Waals surface area contributed by atoms with Gasteiger partial charge in [-0.25, -0.2) is 8.78 Å². The van der Waals surface area contributed by atoms with Gasteiger partial charge in [-0.1, -0.05) is 6.07 Å². The predicted molar refractivity (Wildman–Crippen MR) is 63.9 cm³/mol. The van der Waals surface area contributed by atoms with Crippen LogP contribution in [-0.2, 0) is 11.2 Å². The van der Waals surface area contributed by atoms with E-state index in [4.69, 9.17) is 5.73 Å². The number of carbonyl (C=O) groups is 1. The summed E-state index contributed by atoms with van der Waals surface area (Å²) in [5.74, 6) is -1.61. The number of hydrogen-bond donors (Lipinski definition) is 1. The first-order chi connectivity index (χ1) is 8.63. The number of carbonyl (C=O) groups excluding carboxylic acids is 1. The van der Waals surface area contributed by atoms with Gasteiger partial charge >= 0.3 is 0 Å². The highest BCUT2D eigenvalue weighted by Gasteiger charge is 2.32. The number of benzene rings is 1. The highest BCUT2D eigenvalue weighted by Crippen LogP contribution is 2.27. The first-order valence-corrected chi connectivity index (χ1v) is 6.06. The predicted octanol–water partition coefficient (Wildman–Crippen LogP) is 1.46. The minimum atomic E-state index is -0.674. The van der Waals surface area contributed by atoms with Crippen LogP contribution in [0.2, 0.25) is 0 Å². The van der Waals surface area contributed by atoms with Crippen molar-refractivity contribution in [1.29, 1.82) is 0 Å². The van der Waals surface area contributed by atoms with Crippen molar-refractivity contribution in [2.75, 3.05) is 13.1 Å². The first kappa shape index (κ1) is 13.0. The van der Waals surface area contributed by atoms with E-state index in [-0.39, 0.29) is 23.9 Å². The molecular formula is C13H16F2N2O. The number of halogens is 2. The Morgan fingerprint density at radius 2 is 1.94 bits per heavy atom. The van der Waals surface area contributed by atoms with Crippen LogP contribution in [0.3, 0.4) is 0 Å². The number of nitrogens with two attached hydrogens (primary N) is 1. The molecule has 0 radical (unpaired) electrons. The van der Waals surface area contributed by atoms with Crippen LogP contribution >= 0.6 is 0 Å². The van der Waals surface area contributed by atoms with E-state index in [1.807, 2.05) is 0 Å². The molecule has 1 aromatic carbocycles. The molecule has 1 amide bonds. The summed E-state index contributed by atoms with van der Waals surface area (Å²) in [4.78, 5) is 13.7. The SMILES string of the molecule is NCCN(C(=O)Cc1c(F)cccc1F)C1CC1. The van der Waals surface area contributed by atoms with Crippen LogP contribution in [0.5, 0.6) is 0 Å². The molecule has 0 bridgehead atoms. The first-order valence-electron chi connectivity index (χ1n) is 6.06. The Morgan fingerprint density at radius 1 is 1.33 bits per heavy atom. The monoisotopic (exact) mass is 254 g/mol. The minimum Gasteiger partial charge on any atom is -0.338 e. The standard InChI is InChI=1S/C13H16F2N2O/c14-11-2-1-3-12(15)10(11)8-13(18)17(7-6-16)9-4-5-9/h1-3,9H,4-8,16H2. The van der Waals surface area contributed by atoms with Crippen LogP contribution in [0.25, 0.3) is 0 Å². The Labute approximate surface area is 105 Å². The molecule has 1 saturated carbocycles. The molecule has 5 heteroatoms. The number of amides is 1. The summed E-state index contributed by atoms with van der Waals surface area (Å²) in [6, 6.07) is 3.82. The molecule has 0 heterocycles. The average Bonchev–Trinajstić information content (AvgIpc) is 3.15. The Bertz CT molecular complexity index is 426. The van der Waals surface area contributed by atoms with Crippen LogP contribution < -0.4 is 5.73 Å². The topological polar surface area (TPSA) is 46.3 Å². The van der Waals surface area contributed by atoms with Gasteiger partial charge in [-0.2, -0.15) is 0 Å². The molecule has 3 nitrogen and oxygen atoms in total. The minimum absolute atomic E-state index is 0.162. The summed E-state index contributed by atoms with van der Waals surface area (Å²) in [5.41, 5.74) is 5.28. The van der Waals surface area contributed by atoms with Gasteiger partial charge in [0.05, 0.1) is 6.42 Å². The normalized spacial score (nSPS) is 14.6. The van der Waals surface area contributed by atoms with Gasteiger partial charge < -0.3 is 10.6 Å². The Balaban J connectivity index is 2.10. The van der Waals surface area contributed by atoms with Crippen molar-refractivity contribution in [2.45, 2.75) is 25.3 Å². The number of rotatable bonds is 5. The van der Waals surface area contributed by atoms with Gasteiger partial charge in [0.1, 0.15) is 11.6 Å². The molecule has 1 aliphatic carbocycles. The lowest BCUT2D eigenvalue weighted by molar-refractivity contribution is -0.131. The molecule has 0 unspecified atom stereocenters. The van der Waals surface area contributed by atoms with Crippen molar-refractivity contribution < 1.29 is 13.6 Å². The van der Waals surface area contributed by atoms with Gasteiger partial charge in [-0.05, 0) is 25.0 Å². The van der Waals surface area contributed by atoms with E-state index in [0.717, 1.165) is 25.0 Å². The van der Waals surface area contributed by atoms with Gasteiger partial charge in [-0.3, -0.25) is 4.79 Å². The summed E-state index contributed by atoms with van der Waals surface area (Å²) in [5, 5.41) is 0. The van der Waals surface area contributed by atoms with E-state index in [9.17, 15) is 13.6 Å². The molecule has 2 N–H and O–H groups in total. The maximum absolute atomic E-state index is 13.4. The second kappa shape index (κ2) is 5.44. The molecule has 2 rings (SSSR count). The van der Waals surface area contributed by atoms with E-state index < -0.39 is 11.6 Å². The zero-order valence-electron chi connectivity index (χ0n) is 10.0. The molecule has 0 atom stereocenters. The third-order valence-corrected chi connectivity index (χ3v) is 3.07. The smallest absolute Gasteiger partial charge is 0.227 e. The molecule has 18 heavy (non-hydrogen) atoms.